The van der Waals surface area contributed by atoms with Gasteiger partial charge < -0.3 is 10.1 Å². The second kappa shape index (κ2) is 7.75. The SMILES string of the molecule is Cc1ccc(C)c(NC(=O)COc2ccc([C@H]3CC(=O)Nc4ncnn43)cc2)c1. The van der Waals surface area contributed by atoms with Gasteiger partial charge in [-0.25, -0.2) is 4.68 Å². The summed E-state index contributed by atoms with van der Waals surface area (Å²) in [5.41, 5.74) is 3.78. The summed E-state index contributed by atoms with van der Waals surface area (Å²) in [6.07, 6.45) is 1.70. The minimum Gasteiger partial charge on any atom is -0.484 e. The quantitative estimate of drug-likeness (QED) is 0.697. The topological polar surface area (TPSA) is 98.1 Å². The standard InChI is InChI=1S/C21H21N5O3/c1-13-3-4-14(2)17(9-13)24-20(28)11-29-16-7-5-15(6-8-16)18-10-19(27)25-21-22-12-23-26(18)21/h3-9,12,18H,10-11H2,1-2H3,(H,24,28)(H,22,23,25,27)/t18-/m1/s1. The van der Waals surface area contributed by atoms with Crippen LogP contribution >= 0.6 is 0 Å². The van der Waals surface area contributed by atoms with Crippen LogP contribution < -0.4 is 15.4 Å². The van der Waals surface area contributed by atoms with Crippen molar-refractivity contribution in [2.24, 2.45) is 0 Å². The van der Waals surface area contributed by atoms with Crippen molar-refractivity contribution in [2.45, 2.75) is 26.3 Å². The van der Waals surface area contributed by atoms with Gasteiger partial charge in [-0.05, 0) is 48.7 Å². The molecule has 0 bridgehead atoms. The first-order valence-corrected chi connectivity index (χ1v) is 9.29. The van der Waals surface area contributed by atoms with Crippen LogP contribution in [-0.4, -0.2) is 33.2 Å². The van der Waals surface area contributed by atoms with Crippen LogP contribution in [0.2, 0.25) is 0 Å². The summed E-state index contributed by atoms with van der Waals surface area (Å²) < 4.78 is 7.29. The Bertz CT molecular complexity index is 1060. The molecule has 2 N–H and O–H groups in total. The molecule has 2 aromatic carbocycles. The van der Waals surface area contributed by atoms with E-state index in [9.17, 15) is 9.59 Å². The van der Waals surface area contributed by atoms with Crippen LogP contribution in [0.1, 0.15) is 29.2 Å². The molecule has 0 fully saturated rings. The van der Waals surface area contributed by atoms with E-state index in [1.54, 1.807) is 16.8 Å². The molecule has 1 atom stereocenters. The van der Waals surface area contributed by atoms with Gasteiger partial charge in [0.05, 0.1) is 12.5 Å². The lowest BCUT2D eigenvalue weighted by Crippen LogP contribution is -2.29. The molecule has 0 spiro atoms. The molecule has 0 aliphatic carbocycles. The molecule has 3 aromatic rings. The van der Waals surface area contributed by atoms with Gasteiger partial charge in [0.1, 0.15) is 12.1 Å². The minimum absolute atomic E-state index is 0.0915. The molecule has 2 heterocycles. The Balaban J connectivity index is 1.38. The zero-order valence-electron chi connectivity index (χ0n) is 16.2. The molecule has 1 aliphatic rings. The maximum atomic E-state index is 12.2. The van der Waals surface area contributed by atoms with E-state index in [2.05, 4.69) is 20.7 Å². The number of anilines is 2. The molecule has 8 nitrogen and oxygen atoms in total. The third-order valence-corrected chi connectivity index (χ3v) is 4.80. The molecular weight excluding hydrogens is 370 g/mol. The van der Waals surface area contributed by atoms with Gasteiger partial charge in [-0.1, -0.05) is 24.3 Å². The van der Waals surface area contributed by atoms with Crippen LogP contribution in [0.4, 0.5) is 11.6 Å². The van der Waals surface area contributed by atoms with Crippen molar-refractivity contribution in [1.29, 1.82) is 0 Å². The third-order valence-electron chi connectivity index (χ3n) is 4.80. The van der Waals surface area contributed by atoms with Gasteiger partial charge in [-0.3, -0.25) is 14.9 Å². The fourth-order valence-corrected chi connectivity index (χ4v) is 3.26. The highest BCUT2D eigenvalue weighted by atomic mass is 16.5. The number of amides is 2. The van der Waals surface area contributed by atoms with Crippen LogP contribution in [0.5, 0.6) is 5.75 Å². The molecule has 1 aliphatic heterocycles. The second-order valence-electron chi connectivity index (χ2n) is 7.02. The largest absolute Gasteiger partial charge is 0.484 e. The van der Waals surface area contributed by atoms with Gasteiger partial charge in [-0.2, -0.15) is 10.1 Å². The highest BCUT2D eigenvalue weighted by Gasteiger charge is 2.27. The zero-order valence-corrected chi connectivity index (χ0v) is 16.2. The molecule has 4 rings (SSSR count). The van der Waals surface area contributed by atoms with Crippen LogP contribution in [0.15, 0.2) is 48.8 Å². The van der Waals surface area contributed by atoms with Gasteiger partial charge in [0.25, 0.3) is 5.91 Å². The van der Waals surface area contributed by atoms with Crippen molar-refractivity contribution in [3.63, 3.8) is 0 Å². The van der Waals surface area contributed by atoms with Crippen molar-refractivity contribution in [3.05, 3.63) is 65.5 Å². The molecule has 148 valence electrons. The Morgan fingerprint density at radius 3 is 2.83 bits per heavy atom. The molecule has 1 aromatic heterocycles. The molecule has 0 unspecified atom stereocenters. The van der Waals surface area contributed by atoms with E-state index in [4.69, 9.17) is 4.74 Å². The van der Waals surface area contributed by atoms with E-state index >= 15 is 0 Å². The molecule has 2 amide bonds. The number of nitrogens with zero attached hydrogens (tertiary/aromatic N) is 3. The molecule has 29 heavy (non-hydrogen) atoms. The van der Waals surface area contributed by atoms with Crippen molar-refractivity contribution in [3.8, 4) is 5.75 Å². The molecular formula is C21H21N5O3. The number of fused-ring (bicyclic) bond motifs is 1. The predicted molar refractivity (Wildman–Crippen MR) is 108 cm³/mol. The molecule has 8 heteroatoms. The number of hydrogen-bond acceptors (Lipinski definition) is 5. The number of aromatic nitrogens is 3. The summed E-state index contributed by atoms with van der Waals surface area (Å²) in [5.74, 6) is 0.691. The second-order valence-corrected chi connectivity index (χ2v) is 7.02. The van der Waals surface area contributed by atoms with Crippen molar-refractivity contribution >= 4 is 23.5 Å². The summed E-state index contributed by atoms with van der Waals surface area (Å²) >= 11 is 0. The monoisotopic (exact) mass is 391 g/mol. The molecule has 0 saturated carbocycles. The predicted octanol–water partition coefficient (Wildman–Crippen LogP) is 2.84. The Morgan fingerprint density at radius 1 is 1.24 bits per heavy atom. The lowest BCUT2D eigenvalue weighted by Gasteiger charge is -2.23. The molecule has 0 saturated heterocycles. The zero-order chi connectivity index (χ0) is 20.4. The van der Waals surface area contributed by atoms with E-state index in [1.807, 2.05) is 44.2 Å². The Labute approximate surface area is 167 Å². The fraction of sp³-hybridized carbons (Fsp3) is 0.238. The smallest absolute Gasteiger partial charge is 0.262 e. The van der Waals surface area contributed by atoms with Gasteiger partial charge in [0.15, 0.2) is 6.61 Å². The van der Waals surface area contributed by atoms with Crippen LogP contribution in [0, 0.1) is 13.8 Å². The Hall–Kier alpha value is -3.68. The number of rotatable bonds is 5. The number of carbonyl (C=O) groups excluding carboxylic acids is 2. The number of benzene rings is 2. The minimum atomic E-state index is -0.223. The first-order valence-electron chi connectivity index (χ1n) is 9.29. The van der Waals surface area contributed by atoms with E-state index in [-0.39, 0.29) is 30.9 Å². The normalized spacial score (nSPS) is 15.4. The maximum Gasteiger partial charge on any atom is 0.262 e. The summed E-state index contributed by atoms with van der Waals surface area (Å²) in [4.78, 5) is 28.1. The summed E-state index contributed by atoms with van der Waals surface area (Å²) in [5, 5.41) is 9.75. The van der Waals surface area contributed by atoms with Gasteiger partial charge in [-0.15, -0.1) is 0 Å². The van der Waals surface area contributed by atoms with Crippen LogP contribution in [0.3, 0.4) is 0 Å². The van der Waals surface area contributed by atoms with Crippen molar-refractivity contribution < 1.29 is 14.3 Å². The fourth-order valence-electron chi connectivity index (χ4n) is 3.26. The lowest BCUT2D eigenvalue weighted by atomic mass is 10.0. The van der Waals surface area contributed by atoms with Crippen molar-refractivity contribution in [1.82, 2.24) is 14.8 Å². The third kappa shape index (κ3) is 4.11. The van der Waals surface area contributed by atoms with Crippen LogP contribution in [0.25, 0.3) is 0 Å². The van der Waals surface area contributed by atoms with E-state index in [1.165, 1.54) is 6.33 Å². The van der Waals surface area contributed by atoms with Gasteiger partial charge >= 0.3 is 0 Å². The highest BCUT2D eigenvalue weighted by Crippen LogP contribution is 2.29. The number of aryl methyl sites for hydroxylation is 2. The average Bonchev–Trinajstić information content (AvgIpc) is 3.17. The number of hydrogen-bond donors (Lipinski definition) is 2. The average molecular weight is 391 g/mol. The maximum absolute atomic E-state index is 12.2. The first kappa shape index (κ1) is 18.7. The summed E-state index contributed by atoms with van der Waals surface area (Å²) in [6, 6.07) is 13.0. The number of carbonyl (C=O) groups is 2. The highest BCUT2D eigenvalue weighted by molar-refractivity contribution is 5.92. The molecule has 0 radical (unpaired) electrons. The number of nitrogens with one attached hydrogen (secondary N) is 2. The van der Waals surface area contributed by atoms with E-state index in [0.29, 0.717) is 11.7 Å². The van der Waals surface area contributed by atoms with Crippen molar-refractivity contribution in [2.75, 3.05) is 17.2 Å². The number of ether oxygens (including phenoxy) is 1. The summed E-state index contributed by atoms with van der Waals surface area (Å²) in [6.45, 7) is 3.83. The Kier molecular flexibility index (Phi) is 4.99. The Morgan fingerprint density at radius 2 is 2.03 bits per heavy atom. The summed E-state index contributed by atoms with van der Waals surface area (Å²) in [7, 11) is 0. The first-order chi connectivity index (χ1) is 14.0. The van der Waals surface area contributed by atoms with Gasteiger partial charge in [0.2, 0.25) is 11.9 Å². The van der Waals surface area contributed by atoms with E-state index < -0.39 is 0 Å². The van der Waals surface area contributed by atoms with E-state index in [0.717, 1.165) is 22.4 Å². The lowest BCUT2D eigenvalue weighted by molar-refractivity contribution is -0.118. The van der Waals surface area contributed by atoms with Crippen LogP contribution in [-0.2, 0) is 9.59 Å². The van der Waals surface area contributed by atoms with Gasteiger partial charge in [0, 0.05) is 5.69 Å².